The van der Waals surface area contributed by atoms with Crippen molar-refractivity contribution in [2.45, 2.75) is 312 Å². The fourth-order valence-electron chi connectivity index (χ4n) is 13.0. The highest BCUT2D eigenvalue weighted by Crippen LogP contribution is 2.54. The first-order valence-corrected chi connectivity index (χ1v) is 43.8. The quantitative estimate of drug-likeness (QED) is 0.0334. The average Bonchev–Trinajstić information content (AvgIpc) is 1.69. The van der Waals surface area contributed by atoms with E-state index >= 15 is 0 Å². The number of halogens is 1. The molecule has 8 aromatic heterocycles. The second-order valence-corrected chi connectivity index (χ2v) is 35.7. The molecule has 0 bridgehead atoms. The van der Waals surface area contributed by atoms with Gasteiger partial charge < -0.3 is 0 Å². The van der Waals surface area contributed by atoms with Gasteiger partial charge >= 0.3 is 0 Å². The number of hydrogen-bond acceptors (Lipinski definition) is 8. The summed E-state index contributed by atoms with van der Waals surface area (Å²) >= 11 is 20.8. The second kappa shape index (κ2) is 40.5. The van der Waals surface area contributed by atoms with E-state index in [9.17, 15) is 0 Å². The van der Waals surface area contributed by atoms with Crippen LogP contribution >= 0.6 is 107 Å². The van der Waals surface area contributed by atoms with Crippen LogP contribution < -0.4 is 0 Å². The smallest absolute Gasteiger partial charge is 0.0708 e. The first kappa shape index (κ1) is 72.9. The molecule has 9 heteroatoms. The van der Waals surface area contributed by atoms with Gasteiger partial charge in [-0.05, 0) is 217 Å². The maximum absolute atomic E-state index is 3.97. The Morgan fingerprint density at radius 2 is 0.438 bits per heavy atom. The minimum Gasteiger partial charge on any atom is -0.143 e. The molecule has 8 heterocycles. The molecule has 8 rings (SSSR count). The molecule has 488 valence electrons. The summed E-state index contributed by atoms with van der Waals surface area (Å²) in [6.07, 6.45) is 51.1. The summed E-state index contributed by atoms with van der Waals surface area (Å²) in [4.78, 5) is 21.5. The predicted molar refractivity (Wildman–Crippen MR) is 418 cm³/mol. The Morgan fingerprint density at radius 3 is 0.685 bits per heavy atom. The Labute approximate surface area is 583 Å². The summed E-state index contributed by atoms with van der Waals surface area (Å²) in [6.45, 7) is 18.8. The van der Waals surface area contributed by atoms with E-state index in [0.29, 0.717) is 0 Å². The Bertz CT molecular complexity index is 3240. The average molecular weight is 1410 g/mol. The van der Waals surface area contributed by atoms with Gasteiger partial charge in [-0.15, -0.1) is 90.7 Å². The molecule has 0 fully saturated rings. The van der Waals surface area contributed by atoms with Gasteiger partial charge in [0.05, 0.1) is 3.79 Å². The van der Waals surface area contributed by atoms with E-state index in [-0.39, 0.29) is 0 Å². The van der Waals surface area contributed by atoms with E-state index in [1.165, 1.54) is 300 Å². The summed E-state index contributed by atoms with van der Waals surface area (Å²) in [6, 6.07) is 21.2. The zero-order valence-electron chi connectivity index (χ0n) is 56.6. The van der Waals surface area contributed by atoms with Crippen LogP contribution in [0.1, 0.15) is 305 Å². The lowest BCUT2D eigenvalue weighted by Crippen LogP contribution is -1.87. The predicted octanol–water partition coefficient (Wildman–Crippen LogP) is 31.6. The highest BCUT2D eigenvalue weighted by Gasteiger charge is 2.26. The third-order valence-corrected chi connectivity index (χ3v) is 29.3. The molecular formula is C80H113BrS8. The Kier molecular flexibility index (Phi) is 33.2. The SMILES string of the molecule is CCCCCCc1csc(-c2sc(-c3sc(-c4sc(-c5sc(-c6sc(-c7sc(-c8sc(Br)cc8CCCCCC)cc7CCCCCC)cc6CCCCCC)cc5CCCCCC)cc4CCCCCC)cc3CCCCCC)cc2CCCCCC)c1. The summed E-state index contributed by atoms with van der Waals surface area (Å²) < 4.78 is 1.28. The molecule has 8 aromatic rings. The van der Waals surface area contributed by atoms with Crippen molar-refractivity contribution in [1.29, 1.82) is 0 Å². The van der Waals surface area contributed by atoms with Crippen molar-refractivity contribution in [3.8, 4) is 68.3 Å². The molecule has 0 saturated carbocycles. The first-order valence-electron chi connectivity index (χ1n) is 36.4. The third-order valence-electron chi connectivity index (χ3n) is 18.3. The highest BCUT2D eigenvalue weighted by atomic mass is 79.9. The molecule has 0 saturated heterocycles. The largest absolute Gasteiger partial charge is 0.143 e. The van der Waals surface area contributed by atoms with Crippen molar-refractivity contribution in [2.75, 3.05) is 0 Å². The second-order valence-electron chi connectivity index (χ2n) is 26.0. The lowest BCUT2D eigenvalue weighted by atomic mass is 10.0. The normalized spacial score (nSPS) is 11.9. The number of hydrogen-bond donors (Lipinski definition) is 0. The topological polar surface area (TPSA) is 0 Å². The van der Waals surface area contributed by atoms with E-state index in [1.807, 2.05) is 22.7 Å². The van der Waals surface area contributed by atoms with Crippen LogP contribution in [0.3, 0.4) is 0 Å². The molecule has 0 nitrogen and oxygen atoms in total. The fourth-order valence-corrected chi connectivity index (χ4v) is 23.9. The lowest BCUT2D eigenvalue weighted by molar-refractivity contribution is 0.667. The van der Waals surface area contributed by atoms with E-state index in [1.54, 1.807) is 73.8 Å². The van der Waals surface area contributed by atoms with Crippen molar-refractivity contribution in [2.24, 2.45) is 0 Å². The molecule has 89 heavy (non-hydrogen) atoms. The molecular weight excluding hydrogens is 1300 g/mol. The summed E-state index contributed by atoms with van der Waals surface area (Å²) in [5.41, 5.74) is 12.7. The number of unbranched alkanes of at least 4 members (excludes halogenated alkanes) is 24. The molecule has 0 aliphatic rings. The van der Waals surface area contributed by atoms with Gasteiger partial charge in [-0.2, -0.15) is 0 Å². The van der Waals surface area contributed by atoms with Gasteiger partial charge in [-0.1, -0.05) is 209 Å². The molecule has 0 aliphatic heterocycles. The summed E-state index contributed by atoms with van der Waals surface area (Å²) in [5, 5.41) is 2.49. The Balaban J connectivity index is 1.22. The Morgan fingerprint density at radius 1 is 0.225 bits per heavy atom. The zero-order chi connectivity index (χ0) is 62.6. The van der Waals surface area contributed by atoms with E-state index in [4.69, 9.17) is 0 Å². The number of thiophene rings is 8. The van der Waals surface area contributed by atoms with Gasteiger partial charge in [0, 0.05) is 68.3 Å². The fraction of sp³-hybridized carbons (Fsp3) is 0.600. The summed E-state index contributed by atoms with van der Waals surface area (Å²) in [7, 11) is 0. The molecule has 0 amide bonds. The van der Waals surface area contributed by atoms with Crippen LogP contribution in [0, 0.1) is 0 Å². The first-order chi connectivity index (χ1) is 43.7. The highest BCUT2D eigenvalue weighted by molar-refractivity contribution is 9.11. The maximum Gasteiger partial charge on any atom is 0.0708 e. The number of rotatable bonds is 47. The van der Waals surface area contributed by atoms with Gasteiger partial charge in [0.1, 0.15) is 0 Å². The maximum atomic E-state index is 3.97. The van der Waals surface area contributed by atoms with Crippen LogP contribution in [-0.2, 0) is 51.4 Å². The van der Waals surface area contributed by atoms with Gasteiger partial charge in [0.25, 0.3) is 0 Å². The van der Waals surface area contributed by atoms with Crippen molar-refractivity contribution in [3.63, 3.8) is 0 Å². The van der Waals surface area contributed by atoms with Crippen molar-refractivity contribution in [3.05, 3.63) is 102 Å². The van der Waals surface area contributed by atoms with E-state index in [2.05, 4.69) is 193 Å². The van der Waals surface area contributed by atoms with Crippen molar-refractivity contribution < 1.29 is 0 Å². The Hall–Kier alpha value is -1.92. The van der Waals surface area contributed by atoms with E-state index < -0.39 is 0 Å². The van der Waals surface area contributed by atoms with Crippen LogP contribution in [-0.4, -0.2) is 0 Å². The van der Waals surface area contributed by atoms with Crippen LogP contribution in [0.25, 0.3) is 68.3 Å². The van der Waals surface area contributed by atoms with Crippen LogP contribution in [0.15, 0.2) is 57.7 Å². The minimum absolute atomic E-state index is 1.17. The molecule has 0 radical (unpaired) electrons. The van der Waals surface area contributed by atoms with E-state index in [0.717, 1.165) is 0 Å². The van der Waals surface area contributed by atoms with Gasteiger partial charge in [0.2, 0.25) is 0 Å². The van der Waals surface area contributed by atoms with Crippen molar-refractivity contribution in [1.82, 2.24) is 0 Å². The van der Waals surface area contributed by atoms with Crippen LogP contribution in [0.4, 0.5) is 0 Å². The molecule has 0 N–H and O–H groups in total. The minimum atomic E-state index is 1.17. The monoisotopic (exact) mass is 1410 g/mol. The molecule has 0 atom stereocenters. The molecule has 0 unspecified atom stereocenters. The number of aryl methyl sites for hydroxylation is 8. The van der Waals surface area contributed by atoms with Gasteiger partial charge in [-0.25, -0.2) is 0 Å². The third kappa shape index (κ3) is 21.8. The van der Waals surface area contributed by atoms with Crippen molar-refractivity contribution >= 4 is 107 Å². The van der Waals surface area contributed by atoms with Gasteiger partial charge in [0.15, 0.2) is 0 Å². The van der Waals surface area contributed by atoms with Crippen LogP contribution in [0.2, 0.25) is 0 Å². The standard InChI is InChI=1S/C80H113BrS8/c1-9-17-25-33-41-58-49-66(82-57-58)74-59(42-34-26-18-10-2)50-67(83-74)75-60(43-35-27-19-11-3)51-68(84-75)76-61(44-36-28-20-12-4)52-69(85-76)77-62(45-37-29-21-13-5)53-70(86-77)78-63(46-38-30-22-14-6)54-71(87-78)79-64(47-39-31-23-15-7)55-72(88-79)80-65(56-73(81)89-80)48-40-32-24-16-8/h49-57H,9-48H2,1-8H3. The molecule has 0 aromatic carbocycles. The summed E-state index contributed by atoms with van der Waals surface area (Å²) in [5.74, 6) is 0. The van der Waals surface area contributed by atoms with Gasteiger partial charge in [-0.3, -0.25) is 0 Å². The lowest BCUT2D eigenvalue weighted by Gasteiger charge is -2.02. The van der Waals surface area contributed by atoms with Crippen LogP contribution in [0.5, 0.6) is 0 Å². The molecule has 0 spiro atoms. The zero-order valence-corrected chi connectivity index (χ0v) is 64.7. The molecule has 0 aliphatic carbocycles.